The number of nitrogens with one attached hydrogen (secondary N) is 1. The largest absolute Gasteiger partial charge is 0.458 e. The van der Waals surface area contributed by atoms with E-state index in [0.717, 1.165) is 24.0 Å². The van der Waals surface area contributed by atoms with Crippen molar-refractivity contribution in [1.29, 1.82) is 0 Å². The van der Waals surface area contributed by atoms with Crippen molar-refractivity contribution >= 4 is 34.8 Å². The Bertz CT molecular complexity index is 1220. The van der Waals surface area contributed by atoms with Gasteiger partial charge in [0.15, 0.2) is 12.4 Å². The molecule has 39 heavy (non-hydrogen) atoms. The number of fused-ring (bicyclic) bond motifs is 5. The zero-order chi connectivity index (χ0) is 28.0. The Kier molecular flexibility index (Phi) is 7.45. The van der Waals surface area contributed by atoms with Gasteiger partial charge in [0.25, 0.3) is 0 Å². The van der Waals surface area contributed by atoms with Crippen LogP contribution in [0.3, 0.4) is 0 Å². The molecular formula is C30H37NO7S. The van der Waals surface area contributed by atoms with Crippen LogP contribution >= 0.6 is 11.3 Å². The average Bonchev–Trinajstić information content (AvgIpc) is 3.51. The number of allylic oxidation sites excluding steroid dienone is 4. The van der Waals surface area contributed by atoms with Gasteiger partial charge in [-0.3, -0.25) is 19.2 Å². The standard InChI is InChI=1S/C30H37NO7S/c1-28-10-7-20(32)13-19(28)3-4-21-22-8-11-30(37,29(22,2)14-23(33)27(21)28)24(34)16-38-26(36)6-5-25(35)31-15-18-9-12-39-17-18/h7,9-10,12-13,17,21-23,27,33,37H,3-6,8,11,14-16H2,1-2H3,(H,31,35)/t21-,22+,23+,27+,28+,29+,30+/m1/s1. The highest BCUT2D eigenvalue weighted by atomic mass is 32.1. The van der Waals surface area contributed by atoms with E-state index in [0.29, 0.717) is 13.0 Å². The molecule has 0 radical (unpaired) electrons. The van der Waals surface area contributed by atoms with Gasteiger partial charge in [0.1, 0.15) is 5.60 Å². The van der Waals surface area contributed by atoms with E-state index in [1.807, 2.05) is 29.8 Å². The Morgan fingerprint density at radius 1 is 1.21 bits per heavy atom. The number of rotatable bonds is 8. The Morgan fingerprint density at radius 3 is 2.74 bits per heavy atom. The molecule has 8 nitrogen and oxygen atoms in total. The minimum atomic E-state index is -1.71. The van der Waals surface area contributed by atoms with Gasteiger partial charge in [-0.05, 0) is 78.5 Å². The van der Waals surface area contributed by atoms with Gasteiger partial charge in [0, 0.05) is 29.7 Å². The van der Waals surface area contributed by atoms with E-state index in [1.54, 1.807) is 12.2 Å². The Morgan fingerprint density at radius 2 is 2.00 bits per heavy atom. The molecule has 4 aliphatic rings. The van der Waals surface area contributed by atoms with E-state index >= 15 is 0 Å². The van der Waals surface area contributed by atoms with E-state index in [9.17, 15) is 29.4 Å². The Hall–Kier alpha value is -2.62. The number of hydrogen-bond acceptors (Lipinski definition) is 8. The summed E-state index contributed by atoms with van der Waals surface area (Å²) in [6.07, 6.45) is 6.94. The summed E-state index contributed by atoms with van der Waals surface area (Å²) in [6, 6.07) is 1.91. The number of thiophene rings is 1. The summed E-state index contributed by atoms with van der Waals surface area (Å²) in [4.78, 5) is 49.7. The van der Waals surface area contributed by atoms with Gasteiger partial charge < -0.3 is 20.3 Å². The predicted molar refractivity (Wildman–Crippen MR) is 144 cm³/mol. The van der Waals surface area contributed by atoms with Crippen molar-refractivity contribution in [3.63, 3.8) is 0 Å². The van der Waals surface area contributed by atoms with E-state index in [2.05, 4.69) is 12.2 Å². The molecule has 1 heterocycles. The first-order valence-corrected chi connectivity index (χ1v) is 14.7. The van der Waals surface area contributed by atoms with Gasteiger partial charge in [-0.2, -0.15) is 11.3 Å². The molecule has 210 valence electrons. The van der Waals surface area contributed by atoms with Gasteiger partial charge in [-0.25, -0.2) is 0 Å². The summed E-state index contributed by atoms with van der Waals surface area (Å²) in [5.41, 5.74) is -0.952. The van der Waals surface area contributed by atoms with Crippen molar-refractivity contribution in [2.75, 3.05) is 6.61 Å². The molecule has 0 aromatic carbocycles. The van der Waals surface area contributed by atoms with Gasteiger partial charge >= 0.3 is 5.97 Å². The number of hydrogen-bond donors (Lipinski definition) is 3. The minimum absolute atomic E-state index is 0.0203. The smallest absolute Gasteiger partial charge is 0.306 e. The summed E-state index contributed by atoms with van der Waals surface area (Å²) >= 11 is 1.54. The fourth-order valence-electron chi connectivity index (χ4n) is 8.02. The lowest BCUT2D eigenvalue weighted by Gasteiger charge is -2.59. The van der Waals surface area contributed by atoms with Crippen LogP contribution in [0.2, 0.25) is 0 Å². The maximum absolute atomic E-state index is 13.4. The number of carbonyl (C=O) groups excluding carboxylic acids is 4. The third-order valence-electron chi connectivity index (χ3n) is 10.1. The molecule has 0 bridgehead atoms. The molecule has 9 heteroatoms. The molecule has 7 atom stereocenters. The van der Waals surface area contributed by atoms with Crippen LogP contribution in [0.25, 0.3) is 0 Å². The van der Waals surface area contributed by atoms with Crippen molar-refractivity contribution in [1.82, 2.24) is 5.32 Å². The highest BCUT2D eigenvalue weighted by molar-refractivity contribution is 7.07. The van der Waals surface area contributed by atoms with Crippen LogP contribution in [0.4, 0.5) is 0 Å². The molecule has 1 aromatic rings. The summed E-state index contributed by atoms with van der Waals surface area (Å²) < 4.78 is 5.20. The van der Waals surface area contributed by atoms with Crippen molar-refractivity contribution in [3.8, 4) is 0 Å². The predicted octanol–water partition coefficient (Wildman–Crippen LogP) is 3.27. The van der Waals surface area contributed by atoms with Crippen LogP contribution in [0, 0.1) is 28.6 Å². The topological polar surface area (TPSA) is 130 Å². The van der Waals surface area contributed by atoms with Crippen molar-refractivity contribution in [3.05, 3.63) is 46.2 Å². The molecule has 5 rings (SSSR count). The summed E-state index contributed by atoms with van der Waals surface area (Å²) in [7, 11) is 0. The quantitative estimate of drug-likeness (QED) is 0.420. The molecular weight excluding hydrogens is 518 g/mol. The second-order valence-corrected chi connectivity index (χ2v) is 12.9. The molecule has 1 aromatic heterocycles. The average molecular weight is 556 g/mol. The van der Waals surface area contributed by atoms with Gasteiger partial charge in [0.2, 0.25) is 11.7 Å². The number of aliphatic hydroxyl groups is 2. The first-order valence-electron chi connectivity index (χ1n) is 13.8. The first-order chi connectivity index (χ1) is 18.5. The summed E-state index contributed by atoms with van der Waals surface area (Å²) in [5, 5.41) is 29.8. The van der Waals surface area contributed by atoms with Crippen LogP contribution in [0.5, 0.6) is 0 Å². The van der Waals surface area contributed by atoms with Crippen LogP contribution in [-0.2, 0) is 30.5 Å². The molecule has 4 aliphatic carbocycles. The molecule has 0 aliphatic heterocycles. The maximum Gasteiger partial charge on any atom is 0.306 e. The minimum Gasteiger partial charge on any atom is -0.458 e. The number of Topliss-reactive ketones (excluding diaryl/α,β-unsaturated/α-hetero) is 1. The molecule has 3 N–H and O–H groups in total. The third-order valence-corrected chi connectivity index (χ3v) is 10.8. The fraction of sp³-hybridized carbons (Fsp3) is 0.600. The lowest BCUT2D eigenvalue weighted by atomic mass is 9.46. The van der Waals surface area contributed by atoms with Gasteiger partial charge in [-0.1, -0.05) is 25.5 Å². The monoisotopic (exact) mass is 555 g/mol. The van der Waals surface area contributed by atoms with E-state index in [1.165, 1.54) is 11.3 Å². The Balaban J connectivity index is 1.19. The zero-order valence-electron chi connectivity index (χ0n) is 22.5. The van der Waals surface area contributed by atoms with Crippen LogP contribution < -0.4 is 5.32 Å². The zero-order valence-corrected chi connectivity index (χ0v) is 23.3. The summed E-state index contributed by atoms with van der Waals surface area (Å²) in [5.74, 6) is -1.51. The SMILES string of the molecule is C[C@]12C=CC(=O)C=C1CC[C@H]1[C@H]2[C@@H](O)C[C@@]2(C)[C@H]1CC[C@]2(O)C(=O)COC(=O)CCC(=O)NCc1ccsc1. The normalized spacial score (nSPS) is 36.8. The molecule has 3 fully saturated rings. The van der Waals surface area contributed by atoms with E-state index < -0.39 is 40.9 Å². The van der Waals surface area contributed by atoms with E-state index in [4.69, 9.17) is 4.74 Å². The highest BCUT2D eigenvalue weighted by Crippen LogP contribution is 2.67. The van der Waals surface area contributed by atoms with Crippen LogP contribution in [0.1, 0.15) is 64.4 Å². The second-order valence-electron chi connectivity index (χ2n) is 12.1. The summed E-state index contributed by atoms with van der Waals surface area (Å²) in [6.45, 7) is 3.80. The number of ketones is 2. The van der Waals surface area contributed by atoms with E-state index in [-0.39, 0.29) is 55.1 Å². The lowest BCUT2D eigenvalue weighted by Crippen LogP contribution is -2.61. The maximum atomic E-state index is 13.4. The lowest BCUT2D eigenvalue weighted by molar-refractivity contribution is -0.181. The van der Waals surface area contributed by atoms with Crippen molar-refractivity contribution < 1.29 is 34.1 Å². The molecule has 0 unspecified atom stereocenters. The third kappa shape index (κ3) is 4.83. The number of amides is 1. The molecule has 3 saturated carbocycles. The number of esters is 1. The van der Waals surface area contributed by atoms with Crippen molar-refractivity contribution in [2.24, 2.45) is 28.6 Å². The van der Waals surface area contributed by atoms with Gasteiger partial charge in [0.05, 0.1) is 12.5 Å². The molecule has 0 spiro atoms. The fourth-order valence-corrected chi connectivity index (χ4v) is 8.69. The first kappa shape index (κ1) is 27.9. The molecule has 1 amide bonds. The van der Waals surface area contributed by atoms with Crippen molar-refractivity contribution in [2.45, 2.75) is 77.0 Å². The number of carbonyl (C=O) groups is 4. The van der Waals surface area contributed by atoms with Crippen LogP contribution in [-0.4, -0.2) is 52.0 Å². The number of ether oxygens (including phenoxy) is 1. The highest BCUT2D eigenvalue weighted by Gasteiger charge is 2.68. The van der Waals surface area contributed by atoms with Gasteiger partial charge in [-0.15, -0.1) is 0 Å². The second kappa shape index (κ2) is 10.4. The molecule has 0 saturated heterocycles. The number of aliphatic hydroxyl groups excluding tert-OH is 1. The Labute approximate surface area is 232 Å². The van der Waals surface area contributed by atoms with Crippen LogP contribution in [0.15, 0.2) is 40.6 Å².